The van der Waals surface area contributed by atoms with Gasteiger partial charge in [0, 0.05) is 15.8 Å². The molecule has 2 aromatic carbocycles. The highest BCUT2D eigenvalue weighted by Gasteiger charge is 2.05. The van der Waals surface area contributed by atoms with Crippen molar-refractivity contribution in [2.24, 2.45) is 0 Å². The zero-order valence-electron chi connectivity index (χ0n) is 9.31. The Bertz CT molecular complexity index is 473. The van der Waals surface area contributed by atoms with E-state index in [4.69, 9.17) is 0 Å². The van der Waals surface area contributed by atoms with Crippen molar-refractivity contribution in [3.8, 4) is 0 Å². The predicted octanol–water partition coefficient (Wildman–Crippen LogP) is 3.44. The minimum absolute atomic E-state index is 0.478. The summed E-state index contributed by atoms with van der Waals surface area (Å²) in [6.45, 7) is 0.518. The number of hydrogen-bond acceptors (Lipinski definition) is 2. The second-order valence-electron chi connectivity index (χ2n) is 3.82. The molecule has 0 spiro atoms. The smallest absolute Gasteiger partial charge is 0.0962 e. The summed E-state index contributed by atoms with van der Waals surface area (Å²) >= 11 is 2.27. The molecule has 0 aliphatic rings. The molecule has 2 aromatic rings. The number of nitrogens with one attached hydrogen (secondary N) is 1. The van der Waals surface area contributed by atoms with E-state index in [0.29, 0.717) is 6.54 Å². The van der Waals surface area contributed by atoms with Crippen LogP contribution in [-0.4, -0.2) is 11.7 Å². The minimum Gasteiger partial charge on any atom is -0.387 e. The Labute approximate surface area is 115 Å². The van der Waals surface area contributed by atoms with Crippen LogP contribution in [0.1, 0.15) is 11.7 Å². The molecule has 0 fully saturated rings. The van der Waals surface area contributed by atoms with Crippen LogP contribution in [0.4, 0.5) is 5.69 Å². The van der Waals surface area contributed by atoms with Crippen LogP contribution in [0.15, 0.2) is 54.6 Å². The summed E-state index contributed by atoms with van der Waals surface area (Å²) < 4.78 is 1.18. The highest BCUT2D eigenvalue weighted by atomic mass is 127. The van der Waals surface area contributed by atoms with Gasteiger partial charge in [-0.15, -0.1) is 0 Å². The summed E-state index contributed by atoms with van der Waals surface area (Å²) in [5.74, 6) is 0. The molecule has 0 aliphatic carbocycles. The first-order chi connectivity index (χ1) is 8.25. The monoisotopic (exact) mass is 339 g/mol. The van der Waals surface area contributed by atoms with Crippen molar-refractivity contribution in [1.82, 2.24) is 0 Å². The van der Waals surface area contributed by atoms with E-state index in [1.54, 1.807) is 0 Å². The van der Waals surface area contributed by atoms with Crippen LogP contribution in [0.2, 0.25) is 0 Å². The van der Waals surface area contributed by atoms with Crippen LogP contribution in [0, 0.1) is 3.57 Å². The molecule has 0 amide bonds. The van der Waals surface area contributed by atoms with Gasteiger partial charge in [-0.25, -0.2) is 0 Å². The van der Waals surface area contributed by atoms with Crippen molar-refractivity contribution in [3.63, 3.8) is 0 Å². The third kappa shape index (κ3) is 3.71. The van der Waals surface area contributed by atoms with Gasteiger partial charge in [0.2, 0.25) is 0 Å². The molecule has 1 atom stereocenters. The Kier molecular flexibility index (Phi) is 4.39. The van der Waals surface area contributed by atoms with E-state index in [1.807, 2.05) is 48.5 Å². The topological polar surface area (TPSA) is 32.3 Å². The molecule has 0 heterocycles. The van der Waals surface area contributed by atoms with E-state index in [2.05, 4.69) is 34.0 Å². The van der Waals surface area contributed by atoms with Crippen molar-refractivity contribution >= 4 is 28.3 Å². The summed E-state index contributed by atoms with van der Waals surface area (Å²) in [4.78, 5) is 0. The van der Waals surface area contributed by atoms with Gasteiger partial charge in [-0.3, -0.25) is 0 Å². The maximum atomic E-state index is 9.99. The zero-order chi connectivity index (χ0) is 12.1. The number of anilines is 1. The molecule has 0 radical (unpaired) electrons. The highest BCUT2D eigenvalue weighted by molar-refractivity contribution is 14.1. The molecule has 0 bridgehead atoms. The largest absolute Gasteiger partial charge is 0.387 e. The van der Waals surface area contributed by atoms with Gasteiger partial charge >= 0.3 is 0 Å². The third-order valence-electron chi connectivity index (χ3n) is 2.51. The molecule has 1 unspecified atom stereocenters. The number of aliphatic hydroxyl groups excluding tert-OH is 1. The van der Waals surface area contributed by atoms with E-state index in [1.165, 1.54) is 3.57 Å². The van der Waals surface area contributed by atoms with Gasteiger partial charge in [0.15, 0.2) is 0 Å². The number of hydrogen-bond donors (Lipinski definition) is 2. The molecule has 0 saturated heterocycles. The van der Waals surface area contributed by atoms with E-state index < -0.39 is 6.10 Å². The van der Waals surface area contributed by atoms with Gasteiger partial charge in [0.1, 0.15) is 0 Å². The molecule has 0 aliphatic heterocycles. The summed E-state index contributed by atoms with van der Waals surface area (Å²) in [7, 11) is 0. The summed E-state index contributed by atoms with van der Waals surface area (Å²) in [5.41, 5.74) is 1.97. The molecule has 2 N–H and O–H groups in total. The maximum absolute atomic E-state index is 9.99. The van der Waals surface area contributed by atoms with Crippen LogP contribution < -0.4 is 5.32 Å². The average Bonchev–Trinajstić information content (AvgIpc) is 2.37. The van der Waals surface area contributed by atoms with Crippen LogP contribution in [0.25, 0.3) is 0 Å². The van der Waals surface area contributed by atoms with Crippen molar-refractivity contribution in [1.29, 1.82) is 0 Å². The van der Waals surface area contributed by atoms with E-state index in [9.17, 15) is 5.11 Å². The second-order valence-corrected chi connectivity index (χ2v) is 5.06. The van der Waals surface area contributed by atoms with E-state index in [0.717, 1.165) is 11.3 Å². The summed E-state index contributed by atoms with van der Waals surface area (Å²) in [5, 5.41) is 13.2. The lowest BCUT2D eigenvalue weighted by molar-refractivity contribution is 0.191. The van der Waals surface area contributed by atoms with E-state index in [-0.39, 0.29) is 0 Å². The third-order valence-corrected chi connectivity index (χ3v) is 3.18. The lowest BCUT2D eigenvalue weighted by Crippen LogP contribution is -2.11. The van der Waals surface area contributed by atoms with Crippen LogP contribution >= 0.6 is 22.6 Å². The Balaban J connectivity index is 1.95. The van der Waals surface area contributed by atoms with Gasteiger partial charge in [0.05, 0.1) is 6.10 Å². The predicted molar refractivity (Wildman–Crippen MR) is 79.1 cm³/mol. The fraction of sp³-hybridized carbons (Fsp3) is 0.143. The van der Waals surface area contributed by atoms with Crippen molar-refractivity contribution in [3.05, 3.63) is 63.7 Å². The number of rotatable bonds is 4. The highest BCUT2D eigenvalue weighted by Crippen LogP contribution is 2.16. The van der Waals surface area contributed by atoms with Gasteiger partial charge in [-0.1, -0.05) is 36.4 Å². The standard InChI is InChI=1S/C14H14INO/c15-12-7-4-8-13(9-12)16-10-14(17)11-5-2-1-3-6-11/h1-9,14,16-17H,10H2. The van der Waals surface area contributed by atoms with Gasteiger partial charge in [-0.2, -0.15) is 0 Å². The molecule has 0 saturated carbocycles. The Morgan fingerprint density at radius 2 is 1.82 bits per heavy atom. The van der Waals surface area contributed by atoms with Crippen LogP contribution in [0.3, 0.4) is 0 Å². The second kappa shape index (κ2) is 6.02. The zero-order valence-corrected chi connectivity index (χ0v) is 11.5. The number of aliphatic hydroxyl groups is 1. The molecular formula is C14H14INO. The molecular weight excluding hydrogens is 325 g/mol. The first-order valence-corrected chi connectivity index (χ1v) is 6.56. The summed E-state index contributed by atoms with van der Waals surface area (Å²) in [6, 6.07) is 17.8. The molecule has 0 aromatic heterocycles. The minimum atomic E-state index is -0.478. The fourth-order valence-corrected chi connectivity index (χ4v) is 2.15. The first-order valence-electron chi connectivity index (χ1n) is 5.48. The quantitative estimate of drug-likeness (QED) is 0.837. The fourth-order valence-electron chi connectivity index (χ4n) is 1.61. The van der Waals surface area contributed by atoms with Crippen molar-refractivity contribution in [2.45, 2.75) is 6.10 Å². The first kappa shape index (κ1) is 12.4. The van der Waals surface area contributed by atoms with Crippen molar-refractivity contribution in [2.75, 3.05) is 11.9 Å². The van der Waals surface area contributed by atoms with Crippen molar-refractivity contribution < 1.29 is 5.11 Å². The Morgan fingerprint density at radius 3 is 2.53 bits per heavy atom. The lowest BCUT2D eigenvalue weighted by atomic mass is 10.1. The molecule has 2 rings (SSSR count). The van der Waals surface area contributed by atoms with Gasteiger partial charge in [0.25, 0.3) is 0 Å². The molecule has 2 nitrogen and oxygen atoms in total. The number of halogens is 1. The van der Waals surface area contributed by atoms with Crippen LogP contribution in [-0.2, 0) is 0 Å². The SMILES string of the molecule is OC(CNc1cccc(I)c1)c1ccccc1. The normalized spacial score (nSPS) is 12.1. The Morgan fingerprint density at radius 1 is 1.06 bits per heavy atom. The van der Waals surface area contributed by atoms with Gasteiger partial charge in [-0.05, 0) is 46.4 Å². The maximum Gasteiger partial charge on any atom is 0.0962 e. The molecule has 88 valence electrons. The molecule has 3 heteroatoms. The Hall–Kier alpha value is -1.07. The molecule has 17 heavy (non-hydrogen) atoms. The van der Waals surface area contributed by atoms with Gasteiger partial charge < -0.3 is 10.4 Å². The van der Waals surface area contributed by atoms with Crippen LogP contribution in [0.5, 0.6) is 0 Å². The number of benzene rings is 2. The lowest BCUT2D eigenvalue weighted by Gasteiger charge is -2.13. The average molecular weight is 339 g/mol. The summed E-state index contributed by atoms with van der Waals surface area (Å²) in [6.07, 6.45) is -0.478. The van der Waals surface area contributed by atoms with E-state index >= 15 is 0 Å².